The van der Waals surface area contributed by atoms with E-state index in [0.717, 1.165) is 29.0 Å². The Labute approximate surface area is 138 Å². The van der Waals surface area contributed by atoms with Crippen molar-refractivity contribution in [2.75, 3.05) is 36.5 Å². The molecule has 4 heterocycles. The quantitative estimate of drug-likeness (QED) is 0.908. The first-order valence-electron chi connectivity index (χ1n) is 7.74. The maximum Gasteiger partial charge on any atom is 0.208 e. The van der Waals surface area contributed by atoms with Crippen LogP contribution in [0, 0.1) is 6.92 Å². The molecule has 2 aliphatic heterocycles. The second-order valence-electron chi connectivity index (χ2n) is 5.81. The molecule has 0 aliphatic carbocycles. The van der Waals surface area contributed by atoms with E-state index >= 15 is 0 Å². The van der Waals surface area contributed by atoms with Crippen LogP contribution in [0.2, 0.25) is 0 Å². The molecular formula is C15H19N5O2S. The van der Waals surface area contributed by atoms with E-state index in [0.29, 0.717) is 13.2 Å². The minimum absolute atomic E-state index is 0.0785. The van der Waals surface area contributed by atoms with Crippen molar-refractivity contribution < 1.29 is 9.47 Å². The van der Waals surface area contributed by atoms with Crippen molar-refractivity contribution in [3.63, 3.8) is 0 Å². The first-order valence-corrected chi connectivity index (χ1v) is 8.55. The second-order valence-corrected chi connectivity index (χ2v) is 6.97. The van der Waals surface area contributed by atoms with E-state index in [1.54, 1.807) is 17.5 Å². The SMILES string of the molecule is Cc1nnc(N2C[C@@H]3OCC(Nc4ccccn4)CO[C@H]3C2)s1. The van der Waals surface area contributed by atoms with Crippen LogP contribution < -0.4 is 10.2 Å². The van der Waals surface area contributed by atoms with Gasteiger partial charge < -0.3 is 19.7 Å². The molecule has 0 aromatic carbocycles. The molecule has 0 radical (unpaired) electrons. The van der Waals surface area contributed by atoms with Crippen molar-refractivity contribution in [1.29, 1.82) is 0 Å². The lowest BCUT2D eigenvalue weighted by Crippen LogP contribution is -2.31. The molecular weight excluding hydrogens is 314 g/mol. The standard InChI is InChI=1S/C15H19N5O2S/c1-10-18-19-15(23-10)20-6-12-13(7-20)22-9-11(8-21-12)17-14-4-2-3-5-16-14/h2-5,11-13H,6-9H2,1H3,(H,16,17)/t12-,13-/m0/s1. The molecule has 122 valence electrons. The second kappa shape index (κ2) is 6.38. The first-order chi connectivity index (χ1) is 11.3. The molecule has 4 rings (SSSR count). The Morgan fingerprint density at radius 2 is 1.96 bits per heavy atom. The van der Waals surface area contributed by atoms with Crippen molar-refractivity contribution in [1.82, 2.24) is 15.2 Å². The van der Waals surface area contributed by atoms with E-state index in [-0.39, 0.29) is 18.2 Å². The Hall–Kier alpha value is -1.77. The summed E-state index contributed by atoms with van der Waals surface area (Å²) in [6.45, 7) is 4.79. The van der Waals surface area contributed by atoms with Gasteiger partial charge >= 0.3 is 0 Å². The molecule has 8 heteroatoms. The van der Waals surface area contributed by atoms with E-state index in [9.17, 15) is 0 Å². The van der Waals surface area contributed by atoms with Crippen LogP contribution in [0.4, 0.5) is 10.9 Å². The summed E-state index contributed by atoms with van der Waals surface area (Å²) in [5, 5.41) is 13.6. The molecule has 1 N–H and O–H groups in total. The monoisotopic (exact) mass is 333 g/mol. The Morgan fingerprint density at radius 3 is 2.57 bits per heavy atom. The molecule has 23 heavy (non-hydrogen) atoms. The lowest BCUT2D eigenvalue weighted by Gasteiger charge is -2.18. The highest BCUT2D eigenvalue weighted by Gasteiger charge is 2.38. The zero-order valence-corrected chi connectivity index (χ0v) is 13.7. The average Bonchev–Trinajstić information content (AvgIpc) is 3.13. The van der Waals surface area contributed by atoms with Gasteiger partial charge in [0.15, 0.2) is 0 Å². The number of fused-ring (bicyclic) bond motifs is 1. The molecule has 2 aliphatic rings. The molecule has 0 spiro atoms. The molecule has 2 aromatic heterocycles. The number of aryl methyl sites for hydroxylation is 1. The number of ether oxygens (including phenoxy) is 2. The van der Waals surface area contributed by atoms with Crippen molar-refractivity contribution in [2.45, 2.75) is 25.2 Å². The van der Waals surface area contributed by atoms with Crippen molar-refractivity contribution in [3.05, 3.63) is 29.4 Å². The summed E-state index contributed by atoms with van der Waals surface area (Å²) in [6, 6.07) is 5.93. The molecule has 0 amide bonds. The third kappa shape index (κ3) is 3.29. The van der Waals surface area contributed by atoms with Crippen LogP contribution >= 0.6 is 11.3 Å². The summed E-state index contributed by atoms with van der Waals surface area (Å²) in [7, 11) is 0. The van der Waals surface area contributed by atoms with Gasteiger partial charge in [0, 0.05) is 19.3 Å². The summed E-state index contributed by atoms with van der Waals surface area (Å²) in [5.74, 6) is 0.850. The molecule has 2 saturated heterocycles. The number of pyridine rings is 1. The molecule has 0 unspecified atom stereocenters. The van der Waals surface area contributed by atoms with Crippen LogP contribution in [0.15, 0.2) is 24.4 Å². The number of nitrogens with zero attached hydrogens (tertiary/aromatic N) is 4. The van der Waals surface area contributed by atoms with E-state index in [2.05, 4.69) is 25.4 Å². The largest absolute Gasteiger partial charge is 0.371 e. The number of hydrogen-bond acceptors (Lipinski definition) is 8. The van der Waals surface area contributed by atoms with Crippen LogP contribution in [0.3, 0.4) is 0 Å². The Bertz CT molecular complexity index is 636. The lowest BCUT2D eigenvalue weighted by atomic mass is 10.3. The van der Waals surface area contributed by atoms with E-state index in [1.807, 2.05) is 25.1 Å². The van der Waals surface area contributed by atoms with Crippen LogP contribution in [0.25, 0.3) is 0 Å². The third-order valence-corrected chi connectivity index (χ3v) is 4.94. The Morgan fingerprint density at radius 1 is 1.17 bits per heavy atom. The van der Waals surface area contributed by atoms with Gasteiger partial charge in [0.05, 0.1) is 19.3 Å². The fourth-order valence-corrected chi connectivity index (χ4v) is 3.61. The highest BCUT2D eigenvalue weighted by atomic mass is 32.1. The minimum atomic E-state index is 0.0785. The molecule has 7 nitrogen and oxygen atoms in total. The summed E-state index contributed by atoms with van der Waals surface area (Å²) in [6.07, 6.45) is 1.93. The van der Waals surface area contributed by atoms with Crippen molar-refractivity contribution >= 4 is 22.3 Å². The topological polar surface area (TPSA) is 72.4 Å². The van der Waals surface area contributed by atoms with Gasteiger partial charge in [-0.15, -0.1) is 10.2 Å². The highest BCUT2D eigenvalue weighted by Crippen LogP contribution is 2.28. The summed E-state index contributed by atoms with van der Waals surface area (Å²) >= 11 is 1.61. The van der Waals surface area contributed by atoms with Crippen LogP contribution in [-0.2, 0) is 9.47 Å². The third-order valence-electron chi connectivity index (χ3n) is 4.04. The van der Waals surface area contributed by atoms with Crippen LogP contribution in [0.1, 0.15) is 5.01 Å². The number of aromatic nitrogens is 3. The van der Waals surface area contributed by atoms with Gasteiger partial charge in [-0.25, -0.2) is 4.98 Å². The van der Waals surface area contributed by atoms with Gasteiger partial charge in [0.1, 0.15) is 23.0 Å². The predicted molar refractivity (Wildman–Crippen MR) is 88.0 cm³/mol. The molecule has 2 fully saturated rings. The molecule has 2 aromatic rings. The minimum Gasteiger partial charge on any atom is -0.371 e. The fourth-order valence-electron chi connectivity index (χ4n) is 2.90. The first kappa shape index (κ1) is 14.8. The van der Waals surface area contributed by atoms with Gasteiger partial charge in [0.2, 0.25) is 5.13 Å². The lowest BCUT2D eigenvalue weighted by molar-refractivity contribution is -0.00461. The Balaban J connectivity index is 1.36. The smallest absolute Gasteiger partial charge is 0.208 e. The van der Waals surface area contributed by atoms with Crippen molar-refractivity contribution in [3.8, 4) is 0 Å². The maximum atomic E-state index is 6.07. The van der Waals surface area contributed by atoms with E-state index in [1.165, 1.54) is 0 Å². The van der Waals surface area contributed by atoms with Gasteiger partial charge in [-0.1, -0.05) is 17.4 Å². The normalized spacial score (nSPS) is 25.2. The molecule has 0 saturated carbocycles. The summed E-state index contributed by atoms with van der Waals surface area (Å²) < 4.78 is 12.1. The van der Waals surface area contributed by atoms with E-state index in [4.69, 9.17) is 9.47 Å². The average molecular weight is 333 g/mol. The number of nitrogens with one attached hydrogen (secondary N) is 1. The van der Waals surface area contributed by atoms with Gasteiger partial charge in [0.25, 0.3) is 0 Å². The number of anilines is 2. The zero-order valence-electron chi connectivity index (χ0n) is 12.9. The van der Waals surface area contributed by atoms with Gasteiger partial charge in [-0.05, 0) is 19.1 Å². The van der Waals surface area contributed by atoms with Crippen LogP contribution in [-0.4, -0.2) is 59.7 Å². The predicted octanol–water partition coefficient (Wildman–Crippen LogP) is 1.33. The van der Waals surface area contributed by atoms with E-state index < -0.39 is 0 Å². The Kier molecular flexibility index (Phi) is 4.11. The van der Waals surface area contributed by atoms with Crippen LogP contribution in [0.5, 0.6) is 0 Å². The zero-order chi connectivity index (χ0) is 15.6. The fraction of sp³-hybridized carbons (Fsp3) is 0.533. The van der Waals surface area contributed by atoms with Crippen molar-refractivity contribution in [2.24, 2.45) is 0 Å². The van der Waals surface area contributed by atoms with Gasteiger partial charge in [-0.2, -0.15) is 0 Å². The number of hydrogen-bond donors (Lipinski definition) is 1. The number of rotatable bonds is 3. The maximum absolute atomic E-state index is 6.07. The molecule has 2 atom stereocenters. The summed E-state index contributed by atoms with van der Waals surface area (Å²) in [5.41, 5.74) is 0. The van der Waals surface area contributed by atoms with Gasteiger partial charge in [-0.3, -0.25) is 0 Å². The molecule has 0 bridgehead atoms. The highest BCUT2D eigenvalue weighted by molar-refractivity contribution is 7.15. The summed E-state index contributed by atoms with van der Waals surface area (Å²) in [4.78, 5) is 6.49.